The molecule has 1 aromatic heterocycles. The number of benzene rings is 1. The highest BCUT2D eigenvalue weighted by Gasteiger charge is 2.18. The zero-order chi connectivity index (χ0) is 17.7. The number of furan rings is 1. The van der Waals surface area contributed by atoms with Gasteiger partial charge in [-0.25, -0.2) is 13.6 Å². The molecule has 24 heavy (non-hydrogen) atoms. The minimum Gasteiger partial charge on any atom is -0.467 e. The first kappa shape index (κ1) is 17.5. The van der Waals surface area contributed by atoms with Crippen LogP contribution in [0.5, 0.6) is 0 Å². The van der Waals surface area contributed by atoms with Gasteiger partial charge in [-0.05, 0) is 31.2 Å². The van der Waals surface area contributed by atoms with E-state index < -0.39 is 35.5 Å². The summed E-state index contributed by atoms with van der Waals surface area (Å²) in [5, 5.41) is 14.5. The number of hydrogen-bond acceptors (Lipinski definition) is 3. The van der Waals surface area contributed by atoms with E-state index >= 15 is 0 Å². The molecule has 0 saturated heterocycles. The molecule has 5 nitrogen and oxygen atoms in total. The Hall–Kier alpha value is -2.85. The average molecular weight is 334 g/mol. The molecule has 7 heteroatoms. The highest BCUT2D eigenvalue weighted by atomic mass is 19.1. The van der Waals surface area contributed by atoms with Crippen LogP contribution in [0.4, 0.5) is 19.3 Å². The second-order valence-corrected chi connectivity index (χ2v) is 5.23. The van der Waals surface area contributed by atoms with Gasteiger partial charge in [-0.2, -0.15) is 0 Å². The van der Waals surface area contributed by atoms with Crippen molar-refractivity contribution in [3.05, 3.63) is 53.5 Å². The Kier molecular flexibility index (Phi) is 5.55. The summed E-state index contributed by atoms with van der Waals surface area (Å²) in [7, 11) is 0. The first-order valence-electron chi connectivity index (χ1n) is 7.15. The van der Waals surface area contributed by atoms with Gasteiger partial charge in [-0.15, -0.1) is 6.42 Å². The molecule has 2 atom stereocenters. The zero-order valence-electron chi connectivity index (χ0n) is 12.8. The molecule has 0 aliphatic heterocycles. The van der Waals surface area contributed by atoms with E-state index in [1.807, 2.05) is 0 Å². The van der Waals surface area contributed by atoms with Crippen molar-refractivity contribution in [2.75, 3.05) is 5.32 Å². The van der Waals surface area contributed by atoms with E-state index in [0.29, 0.717) is 5.76 Å². The molecule has 2 rings (SSSR count). The lowest BCUT2D eigenvalue weighted by atomic mass is 10.1. The van der Waals surface area contributed by atoms with E-state index in [0.717, 1.165) is 12.1 Å². The highest BCUT2D eigenvalue weighted by Crippen LogP contribution is 2.21. The third-order valence-corrected chi connectivity index (χ3v) is 3.27. The molecule has 0 spiro atoms. The number of anilines is 1. The van der Waals surface area contributed by atoms with Gasteiger partial charge >= 0.3 is 6.03 Å². The van der Waals surface area contributed by atoms with Gasteiger partial charge in [0.25, 0.3) is 0 Å². The van der Waals surface area contributed by atoms with Crippen LogP contribution in [0.15, 0.2) is 34.9 Å². The maximum absolute atomic E-state index is 13.8. The van der Waals surface area contributed by atoms with Crippen LogP contribution in [0.3, 0.4) is 0 Å². The number of rotatable bonds is 5. The largest absolute Gasteiger partial charge is 0.467 e. The molecular formula is C17H16F2N2O3. The Labute approximate surface area is 137 Å². The monoisotopic (exact) mass is 334 g/mol. The van der Waals surface area contributed by atoms with Crippen molar-refractivity contribution in [3.8, 4) is 12.3 Å². The van der Waals surface area contributed by atoms with Gasteiger partial charge in [0.05, 0.1) is 6.26 Å². The first-order chi connectivity index (χ1) is 11.4. The third kappa shape index (κ3) is 4.33. The van der Waals surface area contributed by atoms with Crippen LogP contribution in [-0.2, 0) is 0 Å². The SMILES string of the molecule is C#Cc1cc(F)c(NC(=O)NC(C)CC(O)c2ccco2)c(F)c1. The van der Waals surface area contributed by atoms with Crippen LogP contribution in [0.1, 0.15) is 30.8 Å². The Morgan fingerprint density at radius 2 is 2.08 bits per heavy atom. The molecule has 0 radical (unpaired) electrons. The van der Waals surface area contributed by atoms with Gasteiger partial charge in [-0.3, -0.25) is 0 Å². The summed E-state index contributed by atoms with van der Waals surface area (Å²) in [6, 6.07) is 3.86. The summed E-state index contributed by atoms with van der Waals surface area (Å²) < 4.78 is 32.6. The molecule has 0 saturated carbocycles. The second-order valence-electron chi connectivity index (χ2n) is 5.23. The quantitative estimate of drug-likeness (QED) is 0.735. The zero-order valence-corrected chi connectivity index (χ0v) is 12.8. The molecule has 2 unspecified atom stereocenters. The Morgan fingerprint density at radius 3 is 2.62 bits per heavy atom. The van der Waals surface area contributed by atoms with Crippen molar-refractivity contribution in [1.82, 2.24) is 5.32 Å². The maximum Gasteiger partial charge on any atom is 0.319 e. The second kappa shape index (κ2) is 7.62. The number of aliphatic hydroxyl groups is 1. The normalized spacial score (nSPS) is 13.0. The summed E-state index contributed by atoms with van der Waals surface area (Å²) >= 11 is 0. The molecular weight excluding hydrogens is 318 g/mol. The van der Waals surface area contributed by atoms with Crippen LogP contribution in [-0.4, -0.2) is 17.2 Å². The number of aliphatic hydroxyl groups excluding tert-OH is 1. The topological polar surface area (TPSA) is 74.5 Å². The fraction of sp³-hybridized carbons (Fsp3) is 0.235. The van der Waals surface area contributed by atoms with Crippen molar-refractivity contribution in [1.29, 1.82) is 0 Å². The van der Waals surface area contributed by atoms with Crippen molar-refractivity contribution in [3.63, 3.8) is 0 Å². The minimum atomic E-state index is -0.971. The fourth-order valence-electron chi connectivity index (χ4n) is 2.14. The number of urea groups is 1. The standard InChI is InChI=1S/C17H16F2N2O3/c1-3-11-8-12(18)16(13(19)9-11)21-17(23)20-10(2)7-14(22)15-5-4-6-24-15/h1,4-6,8-10,14,22H,7H2,2H3,(H2,20,21,23). The van der Waals surface area contributed by atoms with Crippen molar-refractivity contribution >= 4 is 11.7 Å². The van der Waals surface area contributed by atoms with Gasteiger partial charge in [-0.1, -0.05) is 5.92 Å². The van der Waals surface area contributed by atoms with Crippen LogP contribution >= 0.6 is 0 Å². The van der Waals surface area contributed by atoms with E-state index in [1.165, 1.54) is 6.26 Å². The lowest BCUT2D eigenvalue weighted by Crippen LogP contribution is -2.37. The minimum absolute atomic E-state index is 0.0332. The Morgan fingerprint density at radius 1 is 1.42 bits per heavy atom. The van der Waals surface area contributed by atoms with Crippen LogP contribution < -0.4 is 10.6 Å². The van der Waals surface area contributed by atoms with Gasteiger partial charge in [0.1, 0.15) is 17.6 Å². The van der Waals surface area contributed by atoms with Crippen molar-refractivity contribution in [2.45, 2.75) is 25.5 Å². The van der Waals surface area contributed by atoms with Crippen molar-refractivity contribution < 1.29 is 23.1 Å². The van der Waals surface area contributed by atoms with Gasteiger partial charge in [0, 0.05) is 18.0 Å². The first-order valence-corrected chi connectivity index (χ1v) is 7.15. The Bertz CT molecular complexity index is 731. The number of nitrogens with one attached hydrogen (secondary N) is 2. The molecule has 0 fully saturated rings. The van der Waals surface area contributed by atoms with Crippen LogP contribution in [0.25, 0.3) is 0 Å². The highest BCUT2D eigenvalue weighted by molar-refractivity contribution is 5.89. The lowest BCUT2D eigenvalue weighted by molar-refractivity contribution is 0.130. The number of hydrogen-bond donors (Lipinski definition) is 3. The number of carbonyl (C=O) groups excluding carboxylic acids is 1. The van der Waals surface area contributed by atoms with Crippen LogP contribution in [0, 0.1) is 24.0 Å². The summed E-state index contributed by atoms with van der Waals surface area (Å²) in [5.41, 5.74) is -0.559. The van der Waals surface area contributed by atoms with E-state index in [1.54, 1.807) is 19.1 Å². The lowest BCUT2D eigenvalue weighted by Gasteiger charge is -2.17. The average Bonchev–Trinajstić information content (AvgIpc) is 3.04. The number of carbonyl (C=O) groups is 1. The van der Waals surface area contributed by atoms with Crippen molar-refractivity contribution in [2.24, 2.45) is 0 Å². The van der Waals surface area contributed by atoms with Gasteiger partial charge in [0.15, 0.2) is 11.6 Å². The number of halogens is 2. The van der Waals surface area contributed by atoms with Gasteiger partial charge < -0.3 is 20.2 Å². The molecule has 0 bridgehead atoms. The smallest absolute Gasteiger partial charge is 0.319 e. The van der Waals surface area contributed by atoms with E-state index in [9.17, 15) is 18.7 Å². The predicted molar refractivity (Wildman–Crippen MR) is 84.2 cm³/mol. The molecule has 2 aromatic rings. The molecule has 1 heterocycles. The van der Waals surface area contributed by atoms with E-state index in [2.05, 4.69) is 16.6 Å². The number of terminal acetylenes is 1. The Balaban J connectivity index is 1.95. The van der Waals surface area contributed by atoms with E-state index in [4.69, 9.17) is 10.8 Å². The summed E-state index contributed by atoms with van der Waals surface area (Å²) in [5.74, 6) is 0.536. The molecule has 1 aromatic carbocycles. The molecule has 3 N–H and O–H groups in total. The summed E-state index contributed by atoms with van der Waals surface area (Å²) in [4.78, 5) is 11.8. The van der Waals surface area contributed by atoms with Gasteiger partial charge in [0.2, 0.25) is 0 Å². The number of amides is 2. The molecule has 126 valence electrons. The fourth-order valence-corrected chi connectivity index (χ4v) is 2.14. The van der Waals surface area contributed by atoms with Crippen LogP contribution in [0.2, 0.25) is 0 Å². The summed E-state index contributed by atoms with van der Waals surface area (Å²) in [6.07, 6.45) is 5.77. The molecule has 0 aliphatic carbocycles. The molecule has 0 aliphatic rings. The summed E-state index contributed by atoms with van der Waals surface area (Å²) in [6.45, 7) is 1.64. The molecule has 2 amide bonds. The maximum atomic E-state index is 13.8. The van der Waals surface area contributed by atoms with E-state index in [-0.39, 0.29) is 12.0 Å². The predicted octanol–water partition coefficient (Wildman–Crippen LogP) is 3.17. The third-order valence-electron chi connectivity index (χ3n) is 3.27.